The van der Waals surface area contributed by atoms with E-state index in [0.717, 1.165) is 38.2 Å². The number of para-hydroxylation sites is 1. The highest BCUT2D eigenvalue weighted by atomic mass is 79.9. The van der Waals surface area contributed by atoms with E-state index in [2.05, 4.69) is 22.0 Å². The Balaban J connectivity index is 1.58. The molecule has 6 heteroatoms. The fraction of sp³-hybridized carbons (Fsp3) is 0. The van der Waals surface area contributed by atoms with Crippen LogP contribution in [0.2, 0.25) is 0 Å². The van der Waals surface area contributed by atoms with Gasteiger partial charge in [0.15, 0.2) is 0 Å². The Bertz CT molecular complexity index is 1460. The van der Waals surface area contributed by atoms with E-state index in [1.54, 1.807) is 0 Å². The van der Waals surface area contributed by atoms with Gasteiger partial charge < -0.3 is 0 Å². The predicted octanol–water partition coefficient (Wildman–Crippen LogP) is 7.49. The number of rotatable bonds is 5. The lowest BCUT2D eigenvalue weighted by molar-refractivity contribution is 0.884. The molecule has 0 aliphatic heterocycles. The lowest BCUT2D eigenvalue weighted by atomic mass is 10.1. The summed E-state index contributed by atoms with van der Waals surface area (Å²) < 4.78 is 2.86. The van der Waals surface area contributed by atoms with Crippen LogP contribution in [0.1, 0.15) is 10.6 Å². The Labute approximate surface area is 204 Å². The van der Waals surface area contributed by atoms with Crippen molar-refractivity contribution in [2.24, 2.45) is 0 Å². The molecule has 0 aliphatic carbocycles. The maximum Gasteiger partial charge on any atom is 0.134 e. The Morgan fingerprint density at radius 2 is 1.61 bits per heavy atom. The molecule has 0 atom stereocenters. The summed E-state index contributed by atoms with van der Waals surface area (Å²) in [6.07, 6.45) is 3.83. The summed E-state index contributed by atoms with van der Waals surface area (Å²) in [6, 6.07) is 30.3. The Kier molecular flexibility index (Phi) is 5.99. The van der Waals surface area contributed by atoms with Crippen LogP contribution in [0.4, 0.5) is 0 Å². The van der Waals surface area contributed by atoms with Crippen molar-refractivity contribution < 1.29 is 0 Å². The van der Waals surface area contributed by atoms with Gasteiger partial charge in [0.2, 0.25) is 0 Å². The number of benzene rings is 3. The van der Waals surface area contributed by atoms with Crippen molar-refractivity contribution in [2.75, 3.05) is 0 Å². The van der Waals surface area contributed by atoms with E-state index in [-0.39, 0.29) is 0 Å². The zero-order valence-electron chi connectivity index (χ0n) is 17.4. The molecule has 0 unspecified atom stereocenters. The minimum absolute atomic E-state index is 0.508. The van der Waals surface area contributed by atoms with E-state index < -0.39 is 0 Å². The summed E-state index contributed by atoms with van der Waals surface area (Å²) in [5.74, 6) is 0. The van der Waals surface area contributed by atoms with Gasteiger partial charge in [0.25, 0.3) is 0 Å². The van der Waals surface area contributed by atoms with Crippen LogP contribution in [0.5, 0.6) is 0 Å². The number of hydrogen-bond donors (Lipinski definition) is 0. The second-order valence-electron chi connectivity index (χ2n) is 7.29. The molecule has 0 aliphatic rings. The lowest BCUT2D eigenvalue weighted by Crippen LogP contribution is -1.93. The third-order valence-corrected chi connectivity index (χ3v) is 6.51. The van der Waals surface area contributed by atoms with Gasteiger partial charge in [0, 0.05) is 32.7 Å². The van der Waals surface area contributed by atoms with E-state index in [0.29, 0.717) is 10.6 Å². The number of thiazole rings is 1. The average molecular weight is 509 g/mol. The molecule has 0 amide bonds. The van der Waals surface area contributed by atoms with Gasteiger partial charge in [-0.2, -0.15) is 10.4 Å². The fourth-order valence-electron chi connectivity index (χ4n) is 3.47. The Morgan fingerprint density at radius 3 is 2.30 bits per heavy atom. The number of halogens is 1. The van der Waals surface area contributed by atoms with Gasteiger partial charge in [-0.05, 0) is 30.3 Å². The summed E-state index contributed by atoms with van der Waals surface area (Å²) in [7, 11) is 0. The van der Waals surface area contributed by atoms with E-state index in [1.165, 1.54) is 11.3 Å². The number of aromatic nitrogens is 3. The van der Waals surface area contributed by atoms with Gasteiger partial charge in [-0.1, -0.05) is 76.6 Å². The predicted molar refractivity (Wildman–Crippen MR) is 138 cm³/mol. The van der Waals surface area contributed by atoms with Gasteiger partial charge in [-0.15, -0.1) is 11.3 Å². The quantitative estimate of drug-likeness (QED) is 0.231. The van der Waals surface area contributed by atoms with E-state index >= 15 is 0 Å². The molecule has 0 bridgehead atoms. The third kappa shape index (κ3) is 4.56. The van der Waals surface area contributed by atoms with Crippen LogP contribution in [0.15, 0.2) is 101 Å². The standard InChI is InChI=1S/C27H17BrN4S/c28-23-13-11-19(12-14-23)25-18-33-27(30-25)21(16-29)15-22-17-32(24-9-5-2-6-10-24)31-26(22)20-7-3-1-4-8-20/h1-15,17-18H. The summed E-state index contributed by atoms with van der Waals surface area (Å²) in [4.78, 5) is 4.73. The van der Waals surface area contributed by atoms with Crippen LogP contribution >= 0.6 is 27.3 Å². The number of hydrogen-bond acceptors (Lipinski definition) is 4. The van der Waals surface area contributed by atoms with Crippen molar-refractivity contribution in [1.82, 2.24) is 14.8 Å². The summed E-state index contributed by atoms with van der Waals surface area (Å²) in [6.45, 7) is 0. The molecule has 5 rings (SSSR count). The van der Waals surface area contributed by atoms with E-state index in [9.17, 15) is 5.26 Å². The number of allylic oxidation sites excluding steroid dienone is 1. The summed E-state index contributed by atoms with van der Waals surface area (Å²) in [5.41, 5.74) is 6.00. The molecule has 0 saturated carbocycles. The van der Waals surface area contributed by atoms with Crippen LogP contribution in [-0.4, -0.2) is 14.8 Å². The van der Waals surface area contributed by atoms with Gasteiger partial charge in [0.1, 0.15) is 11.1 Å². The first-order chi connectivity index (χ1) is 16.2. The molecule has 5 aromatic rings. The average Bonchev–Trinajstić information content (AvgIpc) is 3.52. The maximum atomic E-state index is 9.96. The Morgan fingerprint density at radius 1 is 0.909 bits per heavy atom. The lowest BCUT2D eigenvalue weighted by Gasteiger charge is -2.00. The molecule has 0 radical (unpaired) electrons. The molecule has 0 fully saturated rings. The van der Waals surface area contributed by atoms with Gasteiger partial charge in [0.05, 0.1) is 22.6 Å². The molecule has 4 nitrogen and oxygen atoms in total. The van der Waals surface area contributed by atoms with Crippen molar-refractivity contribution in [3.05, 3.63) is 112 Å². The fourth-order valence-corrected chi connectivity index (χ4v) is 4.53. The molecule has 0 spiro atoms. The van der Waals surface area contributed by atoms with Crippen LogP contribution in [0.25, 0.3) is 39.9 Å². The summed E-state index contributed by atoms with van der Waals surface area (Å²) in [5, 5.41) is 17.5. The molecule has 0 saturated heterocycles. The zero-order chi connectivity index (χ0) is 22.6. The van der Waals surface area contributed by atoms with Gasteiger partial charge in [-0.3, -0.25) is 0 Å². The summed E-state index contributed by atoms with van der Waals surface area (Å²) >= 11 is 4.93. The molecule has 3 aromatic carbocycles. The molecular weight excluding hydrogens is 492 g/mol. The third-order valence-electron chi connectivity index (χ3n) is 5.11. The van der Waals surface area contributed by atoms with Crippen LogP contribution in [-0.2, 0) is 0 Å². The first-order valence-electron chi connectivity index (χ1n) is 10.3. The van der Waals surface area contributed by atoms with Crippen molar-refractivity contribution in [2.45, 2.75) is 0 Å². The first-order valence-corrected chi connectivity index (χ1v) is 11.9. The molecule has 158 valence electrons. The smallest absolute Gasteiger partial charge is 0.134 e. The van der Waals surface area contributed by atoms with Crippen LogP contribution < -0.4 is 0 Å². The van der Waals surface area contributed by atoms with Gasteiger partial charge in [-0.25, -0.2) is 9.67 Å². The highest BCUT2D eigenvalue weighted by Gasteiger charge is 2.14. The van der Waals surface area contributed by atoms with Crippen molar-refractivity contribution >= 4 is 38.9 Å². The maximum absolute atomic E-state index is 9.96. The normalized spacial score (nSPS) is 11.3. The SMILES string of the molecule is N#CC(=Cc1cn(-c2ccccc2)nc1-c1ccccc1)c1nc(-c2ccc(Br)cc2)cs1. The minimum Gasteiger partial charge on any atom is -0.240 e. The Hall–Kier alpha value is -3.79. The number of nitrogens with zero attached hydrogens (tertiary/aromatic N) is 4. The molecule has 0 N–H and O–H groups in total. The topological polar surface area (TPSA) is 54.5 Å². The number of nitriles is 1. The van der Waals surface area contributed by atoms with E-state index in [4.69, 9.17) is 10.1 Å². The molecular formula is C27H17BrN4S. The highest BCUT2D eigenvalue weighted by Crippen LogP contribution is 2.31. The second-order valence-corrected chi connectivity index (χ2v) is 9.07. The molecule has 2 heterocycles. The van der Waals surface area contributed by atoms with Crippen LogP contribution in [0, 0.1) is 11.3 Å². The second kappa shape index (κ2) is 9.37. The van der Waals surface area contributed by atoms with Crippen molar-refractivity contribution in [3.63, 3.8) is 0 Å². The largest absolute Gasteiger partial charge is 0.240 e. The monoisotopic (exact) mass is 508 g/mol. The molecule has 33 heavy (non-hydrogen) atoms. The van der Waals surface area contributed by atoms with Crippen molar-refractivity contribution in [3.8, 4) is 34.3 Å². The highest BCUT2D eigenvalue weighted by molar-refractivity contribution is 9.10. The zero-order valence-corrected chi connectivity index (χ0v) is 19.8. The van der Waals surface area contributed by atoms with E-state index in [1.807, 2.05) is 107 Å². The first kappa shape index (κ1) is 21.1. The minimum atomic E-state index is 0.508. The van der Waals surface area contributed by atoms with Crippen molar-refractivity contribution in [1.29, 1.82) is 5.26 Å². The molecule has 2 aromatic heterocycles. The van der Waals surface area contributed by atoms with Gasteiger partial charge >= 0.3 is 0 Å². The van der Waals surface area contributed by atoms with Crippen LogP contribution in [0.3, 0.4) is 0 Å².